The smallest absolute Gasteiger partial charge is 0.489 e. The molecule has 0 fully saturated rings. The van der Waals surface area contributed by atoms with Crippen molar-refractivity contribution in [3.8, 4) is 5.75 Å². The van der Waals surface area contributed by atoms with Crippen LogP contribution in [-0.2, 0) is 0 Å². The highest BCUT2D eigenvalue weighted by molar-refractivity contribution is 6.60. The molecule has 0 saturated carbocycles. The molecule has 2 amide bonds. The standard InChI is InChI=1S/C21H25BN2O6/c1-13-16(7-6-8-18(13)30-5)20(27)24(21(2,3)4)23-19(26)14-9-10-15(12-25)17(11-14)22(28)29/h6-12,28-29H,1-5H3,(H,23,26). The van der Waals surface area contributed by atoms with Crippen molar-refractivity contribution in [1.29, 1.82) is 0 Å². The van der Waals surface area contributed by atoms with Crippen molar-refractivity contribution in [2.24, 2.45) is 0 Å². The molecule has 0 aromatic heterocycles. The average Bonchev–Trinajstić information content (AvgIpc) is 2.70. The topological polar surface area (TPSA) is 116 Å². The Morgan fingerprint density at radius 1 is 1.17 bits per heavy atom. The number of rotatable bonds is 5. The highest BCUT2D eigenvalue weighted by Gasteiger charge is 2.31. The van der Waals surface area contributed by atoms with Crippen LogP contribution < -0.4 is 15.6 Å². The number of hydrogen-bond donors (Lipinski definition) is 3. The van der Waals surface area contributed by atoms with Gasteiger partial charge in [-0.1, -0.05) is 12.1 Å². The quantitative estimate of drug-likeness (QED) is 0.385. The van der Waals surface area contributed by atoms with Crippen LogP contribution in [0.1, 0.15) is 57.4 Å². The van der Waals surface area contributed by atoms with E-state index in [0.717, 1.165) is 0 Å². The molecule has 0 unspecified atom stereocenters. The third-order valence-electron chi connectivity index (χ3n) is 4.58. The summed E-state index contributed by atoms with van der Waals surface area (Å²) in [6, 6.07) is 8.95. The maximum absolute atomic E-state index is 13.3. The summed E-state index contributed by atoms with van der Waals surface area (Å²) in [6.45, 7) is 7.04. The van der Waals surface area contributed by atoms with Gasteiger partial charge < -0.3 is 14.8 Å². The lowest BCUT2D eigenvalue weighted by Gasteiger charge is -2.36. The molecule has 0 aliphatic carbocycles. The predicted molar refractivity (Wildman–Crippen MR) is 113 cm³/mol. The number of hydrogen-bond acceptors (Lipinski definition) is 6. The van der Waals surface area contributed by atoms with Crippen molar-refractivity contribution in [2.75, 3.05) is 7.11 Å². The molecule has 0 radical (unpaired) electrons. The minimum atomic E-state index is -1.92. The maximum Gasteiger partial charge on any atom is 0.489 e. The van der Waals surface area contributed by atoms with Crippen molar-refractivity contribution < 1.29 is 29.2 Å². The van der Waals surface area contributed by atoms with Crippen molar-refractivity contribution >= 4 is 30.7 Å². The number of nitrogens with one attached hydrogen (secondary N) is 1. The molecule has 0 aliphatic rings. The van der Waals surface area contributed by atoms with E-state index in [1.54, 1.807) is 45.9 Å². The van der Waals surface area contributed by atoms with Crippen LogP contribution in [-0.4, -0.2) is 52.9 Å². The largest absolute Gasteiger partial charge is 0.496 e. The van der Waals surface area contributed by atoms with Crippen molar-refractivity contribution in [3.63, 3.8) is 0 Å². The number of aldehydes is 1. The van der Waals surface area contributed by atoms with E-state index in [9.17, 15) is 24.4 Å². The lowest BCUT2D eigenvalue weighted by molar-refractivity contribution is 0.0357. The molecule has 0 aliphatic heterocycles. The fourth-order valence-electron chi connectivity index (χ4n) is 2.92. The van der Waals surface area contributed by atoms with Crippen LogP contribution in [0.2, 0.25) is 0 Å². The second-order valence-electron chi connectivity index (χ2n) is 7.72. The van der Waals surface area contributed by atoms with Crippen LogP contribution in [0.5, 0.6) is 5.75 Å². The Morgan fingerprint density at radius 2 is 1.83 bits per heavy atom. The van der Waals surface area contributed by atoms with E-state index >= 15 is 0 Å². The van der Waals surface area contributed by atoms with Gasteiger partial charge in [0, 0.05) is 22.3 Å². The Labute approximate surface area is 175 Å². The predicted octanol–water partition coefficient (Wildman–Crippen LogP) is 1.08. The third kappa shape index (κ3) is 4.87. The van der Waals surface area contributed by atoms with Crippen LogP contribution in [0.25, 0.3) is 0 Å². The summed E-state index contributed by atoms with van der Waals surface area (Å²) in [4.78, 5) is 37.2. The number of carbonyl (C=O) groups excluding carboxylic acids is 3. The van der Waals surface area contributed by atoms with Gasteiger partial charge in [0.2, 0.25) is 0 Å². The van der Waals surface area contributed by atoms with Crippen molar-refractivity contribution in [2.45, 2.75) is 33.2 Å². The zero-order valence-corrected chi connectivity index (χ0v) is 17.6. The number of hydrazine groups is 1. The van der Waals surface area contributed by atoms with Crippen molar-refractivity contribution in [3.05, 3.63) is 58.7 Å². The molecule has 2 rings (SSSR count). The molecule has 0 atom stereocenters. The minimum Gasteiger partial charge on any atom is -0.496 e. The lowest BCUT2D eigenvalue weighted by Crippen LogP contribution is -2.56. The van der Waals surface area contributed by atoms with Gasteiger partial charge in [-0.3, -0.25) is 19.8 Å². The fraction of sp³-hybridized carbons (Fsp3) is 0.286. The fourth-order valence-corrected chi connectivity index (χ4v) is 2.92. The molecule has 158 valence electrons. The van der Waals surface area contributed by atoms with Crippen molar-refractivity contribution in [1.82, 2.24) is 10.4 Å². The van der Waals surface area contributed by atoms with E-state index in [2.05, 4.69) is 5.43 Å². The monoisotopic (exact) mass is 412 g/mol. The van der Waals surface area contributed by atoms with E-state index in [1.807, 2.05) is 0 Å². The van der Waals surface area contributed by atoms with Gasteiger partial charge in [0.1, 0.15) is 12.0 Å². The van der Waals surface area contributed by atoms with E-state index in [1.165, 1.54) is 30.3 Å². The van der Waals surface area contributed by atoms with Crippen LogP contribution in [0, 0.1) is 6.92 Å². The first-order valence-corrected chi connectivity index (χ1v) is 9.25. The van der Waals surface area contributed by atoms with Gasteiger partial charge in [0.15, 0.2) is 0 Å². The summed E-state index contributed by atoms with van der Waals surface area (Å²) in [6.07, 6.45) is 0.465. The van der Waals surface area contributed by atoms with Crippen LogP contribution in [0.3, 0.4) is 0 Å². The lowest BCUT2D eigenvalue weighted by atomic mass is 9.76. The van der Waals surface area contributed by atoms with Gasteiger partial charge in [0.05, 0.1) is 12.6 Å². The zero-order chi connectivity index (χ0) is 22.6. The van der Waals surface area contributed by atoms with Gasteiger partial charge in [-0.05, 0) is 57.4 Å². The van der Waals surface area contributed by atoms with Crippen LogP contribution >= 0.6 is 0 Å². The number of carbonyl (C=O) groups is 3. The third-order valence-corrected chi connectivity index (χ3v) is 4.58. The average molecular weight is 412 g/mol. The van der Waals surface area contributed by atoms with E-state index in [0.29, 0.717) is 23.2 Å². The maximum atomic E-state index is 13.3. The molecule has 30 heavy (non-hydrogen) atoms. The molecular weight excluding hydrogens is 387 g/mol. The normalized spacial score (nSPS) is 10.9. The first kappa shape index (κ1) is 23.1. The molecule has 9 heteroatoms. The molecular formula is C21H25BN2O6. The molecule has 0 saturated heterocycles. The Kier molecular flexibility index (Phi) is 7.02. The summed E-state index contributed by atoms with van der Waals surface area (Å²) >= 11 is 0. The highest BCUT2D eigenvalue weighted by Crippen LogP contribution is 2.24. The summed E-state index contributed by atoms with van der Waals surface area (Å²) in [5.41, 5.74) is 2.83. The molecule has 3 N–H and O–H groups in total. The van der Waals surface area contributed by atoms with E-state index in [4.69, 9.17) is 4.74 Å². The Bertz CT molecular complexity index is 968. The number of ether oxygens (including phenoxy) is 1. The summed E-state index contributed by atoms with van der Waals surface area (Å²) < 4.78 is 5.28. The van der Waals surface area contributed by atoms with Crippen LogP contribution in [0.4, 0.5) is 0 Å². The Hall–Kier alpha value is -3.17. The minimum absolute atomic E-state index is 0.0531. The Morgan fingerprint density at radius 3 is 2.37 bits per heavy atom. The highest BCUT2D eigenvalue weighted by atomic mass is 16.5. The number of methoxy groups -OCH3 is 1. The second-order valence-corrected chi connectivity index (χ2v) is 7.72. The molecule has 8 nitrogen and oxygen atoms in total. The first-order chi connectivity index (χ1) is 14.0. The second kappa shape index (κ2) is 9.10. The van der Waals surface area contributed by atoms with Gasteiger partial charge in [-0.15, -0.1) is 0 Å². The van der Waals surface area contributed by atoms with E-state index < -0.39 is 24.5 Å². The number of amides is 2. The first-order valence-electron chi connectivity index (χ1n) is 9.25. The van der Waals surface area contributed by atoms with E-state index in [-0.39, 0.29) is 16.6 Å². The summed E-state index contributed by atoms with van der Waals surface area (Å²) in [7, 11) is -0.409. The number of benzene rings is 2. The van der Waals surface area contributed by atoms with Crippen LogP contribution in [0.15, 0.2) is 36.4 Å². The molecule has 2 aromatic carbocycles. The molecule has 0 bridgehead atoms. The Balaban J connectivity index is 2.41. The summed E-state index contributed by atoms with van der Waals surface area (Å²) in [5.74, 6) is -0.524. The summed E-state index contributed by atoms with van der Waals surface area (Å²) in [5, 5.41) is 20.1. The number of nitrogens with zero attached hydrogens (tertiary/aromatic N) is 1. The molecule has 2 aromatic rings. The van der Waals surface area contributed by atoms with Gasteiger partial charge in [-0.25, -0.2) is 5.01 Å². The molecule has 0 heterocycles. The van der Waals surface area contributed by atoms with Gasteiger partial charge in [-0.2, -0.15) is 0 Å². The van der Waals surface area contributed by atoms with Gasteiger partial charge >= 0.3 is 7.12 Å². The zero-order valence-electron chi connectivity index (χ0n) is 17.6. The molecule has 0 spiro atoms. The SMILES string of the molecule is COc1cccc(C(=O)N(NC(=O)c2ccc(C=O)c(B(O)O)c2)C(C)(C)C)c1C. The van der Waals surface area contributed by atoms with Gasteiger partial charge in [0.25, 0.3) is 11.8 Å².